The van der Waals surface area contributed by atoms with Crippen LogP contribution in [0.1, 0.15) is 50.5 Å². The van der Waals surface area contributed by atoms with Crippen molar-refractivity contribution in [1.82, 2.24) is 5.32 Å². The lowest BCUT2D eigenvalue weighted by Crippen LogP contribution is -2.43. The van der Waals surface area contributed by atoms with Crippen molar-refractivity contribution in [2.24, 2.45) is 5.92 Å². The quantitative estimate of drug-likeness (QED) is 0.729. The van der Waals surface area contributed by atoms with Gasteiger partial charge in [-0.25, -0.2) is 0 Å². The van der Waals surface area contributed by atoms with Gasteiger partial charge < -0.3 is 16.2 Å². The van der Waals surface area contributed by atoms with Crippen molar-refractivity contribution >= 4 is 11.6 Å². The summed E-state index contributed by atoms with van der Waals surface area (Å²) in [5.41, 5.74) is 7.55. The first-order valence-corrected chi connectivity index (χ1v) is 7.85. The first kappa shape index (κ1) is 15.8. The molecule has 1 aliphatic carbocycles. The highest BCUT2D eigenvalue weighted by Crippen LogP contribution is 2.25. The first-order valence-electron chi connectivity index (χ1n) is 7.85. The molecule has 3 unspecified atom stereocenters. The molecule has 0 aromatic heterocycles. The van der Waals surface area contributed by atoms with Crippen LogP contribution in [0.5, 0.6) is 0 Å². The van der Waals surface area contributed by atoms with E-state index in [9.17, 15) is 9.90 Å². The Hall–Kier alpha value is -1.55. The lowest BCUT2D eigenvalue weighted by molar-refractivity contribution is -0.122. The minimum atomic E-state index is 0.0738. The third-order valence-corrected chi connectivity index (χ3v) is 4.49. The Kier molecular flexibility index (Phi) is 5.62. The average molecular weight is 290 g/mol. The van der Waals surface area contributed by atoms with Gasteiger partial charge in [0.25, 0.3) is 0 Å². The number of nitrogen functional groups attached to an aromatic ring is 1. The van der Waals surface area contributed by atoms with Gasteiger partial charge in [0.2, 0.25) is 5.91 Å². The summed E-state index contributed by atoms with van der Waals surface area (Å²) in [6.07, 6.45) is 4.75. The molecular formula is C17H26N2O2. The Bertz CT molecular complexity index is 458. The second-order valence-corrected chi connectivity index (χ2v) is 6.17. The molecular weight excluding hydrogens is 264 g/mol. The molecule has 1 fully saturated rings. The molecule has 4 nitrogen and oxygen atoms in total. The molecule has 0 saturated heterocycles. The SMILES string of the molecule is CC(CC(=O)NC1CCCCC1CO)c1ccc(N)cc1. The molecule has 116 valence electrons. The summed E-state index contributed by atoms with van der Waals surface area (Å²) in [4.78, 5) is 12.2. The lowest BCUT2D eigenvalue weighted by Gasteiger charge is -2.31. The Labute approximate surface area is 126 Å². The molecule has 4 N–H and O–H groups in total. The van der Waals surface area contributed by atoms with Gasteiger partial charge in [0.1, 0.15) is 0 Å². The van der Waals surface area contributed by atoms with Crippen molar-refractivity contribution in [3.63, 3.8) is 0 Å². The molecule has 3 atom stereocenters. The Morgan fingerprint density at radius 2 is 2.00 bits per heavy atom. The molecule has 1 saturated carbocycles. The van der Waals surface area contributed by atoms with Gasteiger partial charge in [0, 0.05) is 30.7 Å². The van der Waals surface area contributed by atoms with Crippen LogP contribution in [-0.2, 0) is 4.79 Å². The van der Waals surface area contributed by atoms with Crippen LogP contribution in [0.25, 0.3) is 0 Å². The monoisotopic (exact) mass is 290 g/mol. The van der Waals surface area contributed by atoms with Crippen LogP contribution in [-0.4, -0.2) is 23.7 Å². The number of nitrogens with two attached hydrogens (primary N) is 1. The van der Waals surface area contributed by atoms with Crippen molar-refractivity contribution in [2.75, 3.05) is 12.3 Å². The highest BCUT2D eigenvalue weighted by molar-refractivity contribution is 5.77. The highest BCUT2D eigenvalue weighted by Gasteiger charge is 2.26. The number of aliphatic hydroxyl groups is 1. The number of amides is 1. The van der Waals surface area contributed by atoms with Crippen LogP contribution in [0.4, 0.5) is 5.69 Å². The van der Waals surface area contributed by atoms with Crippen molar-refractivity contribution in [1.29, 1.82) is 0 Å². The van der Waals surface area contributed by atoms with Crippen molar-refractivity contribution in [3.8, 4) is 0 Å². The fourth-order valence-corrected chi connectivity index (χ4v) is 3.10. The molecule has 4 heteroatoms. The standard InChI is InChI=1S/C17H26N2O2/c1-12(13-6-8-15(18)9-7-13)10-17(21)19-16-5-3-2-4-14(16)11-20/h6-9,12,14,16,20H,2-5,10-11,18H2,1H3,(H,19,21). The van der Waals surface area contributed by atoms with Crippen molar-refractivity contribution < 1.29 is 9.90 Å². The molecule has 1 aromatic carbocycles. The van der Waals surface area contributed by atoms with E-state index in [2.05, 4.69) is 12.2 Å². The van der Waals surface area contributed by atoms with Gasteiger partial charge in [-0.3, -0.25) is 4.79 Å². The van der Waals surface area contributed by atoms with Gasteiger partial charge >= 0.3 is 0 Å². The fraction of sp³-hybridized carbons (Fsp3) is 0.588. The molecule has 0 bridgehead atoms. The van der Waals surface area contributed by atoms with Gasteiger partial charge in [0.15, 0.2) is 0 Å². The predicted molar refractivity (Wildman–Crippen MR) is 84.9 cm³/mol. The van der Waals surface area contributed by atoms with E-state index in [1.807, 2.05) is 24.3 Å². The second kappa shape index (κ2) is 7.46. The number of hydrogen-bond donors (Lipinski definition) is 3. The van der Waals surface area contributed by atoms with Crippen molar-refractivity contribution in [3.05, 3.63) is 29.8 Å². The molecule has 1 aliphatic rings. The average Bonchev–Trinajstić information content (AvgIpc) is 2.48. The van der Waals surface area contributed by atoms with Crippen molar-refractivity contribution in [2.45, 2.75) is 51.0 Å². The number of anilines is 1. The number of carbonyl (C=O) groups excluding carboxylic acids is 1. The zero-order valence-electron chi connectivity index (χ0n) is 12.7. The van der Waals surface area contributed by atoms with Gasteiger partial charge in [-0.2, -0.15) is 0 Å². The number of benzene rings is 1. The largest absolute Gasteiger partial charge is 0.399 e. The normalized spacial score (nSPS) is 23.5. The summed E-state index contributed by atoms with van der Waals surface area (Å²) in [7, 11) is 0. The molecule has 0 aliphatic heterocycles. The molecule has 21 heavy (non-hydrogen) atoms. The maximum absolute atomic E-state index is 12.2. The van der Waals surface area contributed by atoms with E-state index in [0.717, 1.165) is 36.9 Å². The molecule has 0 radical (unpaired) electrons. The summed E-state index contributed by atoms with van der Waals surface area (Å²) in [5, 5.41) is 12.5. The maximum atomic E-state index is 12.2. The summed E-state index contributed by atoms with van der Waals surface area (Å²) < 4.78 is 0. The smallest absolute Gasteiger partial charge is 0.220 e. The minimum Gasteiger partial charge on any atom is -0.399 e. The van der Waals surface area contributed by atoms with E-state index in [0.29, 0.717) is 6.42 Å². The molecule has 1 aromatic rings. The van der Waals surface area contributed by atoms with E-state index >= 15 is 0 Å². The zero-order chi connectivity index (χ0) is 15.2. The van der Waals surface area contributed by atoms with E-state index in [1.54, 1.807) is 0 Å². The Morgan fingerprint density at radius 3 is 2.67 bits per heavy atom. The van der Waals surface area contributed by atoms with Gasteiger partial charge in [0.05, 0.1) is 0 Å². The lowest BCUT2D eigenvalue weighted by atomic mass is 9.85. The number of nitrogens with one attached hydrogen (secondary N) is 1. The van der Waals surface area contributed by atoms with Crippen LogP contribution in [0.15, 0.2) is 24.3 Å². The third kappa shape index (κ3) is 4.46. The van der Waals surface area contributed by atoms with E-state index in [4.69, 9.17) is 5.73 Å². The first-order chi connectivity index (χ1) is 10.1. The minimum absolute atomic E-state index is 0.0738. The van der Waals surface area contributed by atoms with Gasteiger partial charge in [-0.15, -0.1) is 0 Å². The van der Waals surface area contributed by atoms with E-state index < -0.39 is 0 Å². The third-order valence-electron chi connectivity index (χ3n) is 4.49. The molecule has 0 spiro atoms. The van der Waals surface area contributed by atoms with Crippen LogP contribution in [0, 0.1) is 5.92 Å². The second-order valence-electron chi connectivity index (χ2n) is 6.17. The maximum Gasteiger partial charge on any atom is 0.220 e. The molecule has 2 rings (SSSR count). The fourth-order valence-electron chi connectivity index (χ4n) is 3.10. The van der Waals surface area contributed by atoms with Crippen LogP contribution in [0.3, 0.4) is 0 Å². The molecule has 0 heterocycles. The van der Waals surface area contributed by atoms with Gasteiger partial charge in [-0.1, -0.05) is 31.9 Å². The van der Waals surface area contributed by atoms with Crippen LogP contribution >= 0.6 is 0 Å². The molecule has 1 amide bonds. The van der Waals surface area contributed by atoms with Crippen LogP contribution < -0.4 is 11.1 Å². The Balaban J connectivity index is 1.87. The summed E-state index contributed by atoms with van der Waals surface area (Å²) in [5.74, 6) is 0.459. The number of aliphatic hydroxyl groups excluding tert-OH is 1. The number of rotatable bonds is 5. The summed E-state index contributed by atoms with van der Waals surface area (Å²) in [6, 6.07) is 7.82. The van der Waals surface area contributed by atoms with E-state index in [-0.39, 0.29) is 30.4 Å². The van der Waals surface area contributed by atoms with Gasteiger partial charge in [-0.05, 0) is 36.5 Å². The number of hydrogen-bond acceptors (Lipinski definition) is 3. The Morgan fingerprint density at radius 1 is 1.33 bits per heavy atom. The summed E-state index contributed by atoms with van der Waals surface area (Å²) in [6.45, 7) is 2.22. The van der Waals surface area contributed by atoms with Crippen LogP contribution in [0.2, 0.25) is 0 Å². The number of carbonyl (C=O) groups is 1. The predicted octanol–water partition coefficient (Wildman–Crippen LogP) is 2.43. The van der Waals surface area contributed by atoms with E-state index in [1.165, 1.54) is 0 Å². The highest BCUT2D eigenvalue weighted by atomic mass is 16.3. The summed E-state index contributed by atoms with van der Waals surface area (Å²) >= 11 is 0. The zero-order valence-corrected chi connectivity index (χ0v) is 12.7. The topological polar surface area (TPSA) is 75.3 Å².